The van der Waals surface area contributed by atoms with Crippen LogP contribution in [0.4, 0.5) is 5.69 Å². The number of anilines is 1. The molecule has 2 aromatic carbocycles. The standard InChI is InChI=1S/C20H25N5OS/c1-26-18-9-7-17(8-10-18)22-20(27)23-19(21)25-13-11-24(12-14-25)15-16-5-3-2-4-6-16/h2-10H,11-15H2,1H3,(H3,21,22,23,27). The Bertz CT molecular complexity index is 771. The highest BCUT2D eigenvalue weighted by Gasteiger charge is 2.18. The number of rotatable bonds is 4. The number of methoxy groups -OCH3 is 1. The predicted octanol–water partition coefficient (Wildman–Crippen LogP) is 2.52. The average Bonchev–Trinajstić information content (AvgIpc) is 2.70. The summed E-state index contributed by atoms with van der Waals surface area (Å²) >= 11 is 5.31. The van der Waals surface area contributed by atoms with E-state index < -0.39 is 0 Å². The van der Waals surface area contributed by atoms with Crippen LogP contribution in [0.15, 0.2) is 59.6 Å². The van der Waals surface area contributed by atoms with Crippen molar-refractivity contribution in [1.29, 1.82) is 0 Å². The van der Waals surface area contributed by atoms with Gasteiger partial charge in [0.2, 0.25) is 5.11 Å². The third-order valence-electron chi connectivity index (χ3n) is 4.50. The third-order valence-corrected chi connectivity index (χ3v) is 4.70. The number of ether oxygens (including phenoxy) is 1. The molecule has 1 aliphatic heterocycles. The minimum Gasteiger partial charge on any atom is -0.497 e. The summed E-state index contributed by atoms with van der Waals surface area (Å²) in [6.45, 7) is 4.54. The summed E-state index contributed by atoms with van der Waals surface area (Å²) in [6.07, 6.45) is 0. The van der Waals surface area contributed by atoms with Crippen LogP contribution >= 0.6 is 12.2 Å². The lowest BCUT2D eigenvalue weighted by Crippen LogP contribution is -2.51. The summed E-state index contributed by atoms with van der Waals surface area (Å²) in [5.41, 5.74) is 8.34. The monoisotopic (exact) mass is 383 g/mol. The number of hydrogen-bond donors (Lipinski definition) is 2. The molecule has 0 unspecified atom stereocenters. The van der Waals surface area contributed by atoms with E-state index in [4.69, 9.17) is 22.7 Å². The number of piperazine rings is 1. The Hall–Kier alpha value is -2.64. The fourth-order valence-electron chi connectivity index (χ4n) is 2.98. The van der Waals surface area contributed by atoms with Crippen molar-refractivity contribution in [3.63, 3.8) is 0 Å². The van der Waals surface area contributed by atoms with Crippen LogP contribution in [0.5, 0.6) is 5.75 Å². The third kappa shape index (κ3) is 5.67. The topological polar surface area (TPSA) is 66.1 Å². The van der Waals surface area contributed by atoms with Crippen molar-refractivity contribution in [3.05, 3.63) is 60.2 Å². The van der Waals surface area contributed by atoms with Crippen LogP contribution in [-0.2, 0) is 6.54 Å². The van der Waals surface area contributed by atoms with E-state index in [0.717, 1.165) is 44.2 Å². The molecule has 3 rings (SSSR count). The normalized spacial score (nSPS) is 15.4. The molecule has 27 heavy (non-hydrogen) atoms. The predicted molar refractivity (Wildman–Crippen MR) is 114 cm³/mol. The van der Waals surface area contributed by atoms with Crippen molar-refractivity contribution in [1.82, 2.24) is 9.80 Å². The second-order valence-corrected chi connectivity index (χ2v) is 6.76. The van der Waals surface area contributed by atoms with Crippen molar-refractivity contribution < 1.29 is 4.74 Å². The van der Waals surface area contributed by atoms with Crippen LogP contribution < -0.4 is 15.8 Å². The molecule has 0 amide bonds. The van der Waals surface area contributed by atoms with Crippen molar-refractivity contribution in [2.75, 3.05) is 38.6 Å². The van der Waals surface area contributed by atoms with Gasteiger partial charge in [-0.25, -0.2) is 0 Å². The molecule has 0 aliphatic carbocycles. The highest BCUT2D eigenvalue weighted by atomic mass is 32.1. The van der Waals surface area contributed by atoms with E-state index in [2.05, 4.69) is 44.4 Å². The lowest BCUT2D eigenvalue weighted by Gasteiger charge is -2.35. The maximum absolute atomic E-state index is 6.16. The number of nitrogens with one attached hydrogen (secondary N) is 1. The fourth-order valence-corrected chi connectivity index (χ4v) is 3.19. The lowest BCUT2D eigenvalue weighted by atomic mass is 10.2. The zero-order valence-electron chi connectivity index (χ0n) is 15.5. The van der Waals surface area contributed by atoms with Crippen molar-refractivity contribution in [2.24, 2.45) is 10.7 Å². The molecule has 1 heterocycles. The van der Waals surface area contributed by atoms with Crippen LogP contribution in [0, 0.1) is 0 Å². The molecule has 6 nitrogen and oxygen atoms in total. The van der Waals surface area contributed by atoms with Gasteiger partial charge in [-0.3, -0.25) is 4.90 Å². The van der Waals surface area contributed by atoms with Crippen LogP contribution in [0.1, 0.15) is 5.56 Å². The summed E-state index contributed by atoms with van der Waals surface area (Å²) in [5.74, 6) is 1.25. The van der Waals surface area contributed by atoms with Crippen molar-refractivity contribution in [3.8, 4) is 5.75 Å². The van der Waals surface area contributed by atoms with Gasteiger partial charge in [0.1, 0.15) is 5.75 Å². The van der Waals surface area contributed by atoms with Gasteiger partial charge in [-0.1, -0.05) is 30.3 Å². The van der Waals surface area contributed by atoms with E-state index in [1.165, 1.54) is 5.56 Å². The van der Waals surface area contributed by atoms with Gasteiger partial charge in [-0.15, -0.1) is 0 Å². The largest absolute Gasteiger partial charge is 0.497 e. The molecule has 0 radical (unpaired) electrons. The van der Waals surface area contributed by atoms with Gasteiger partial charge in [0, 0.05) is 38.4 Å². The molecule has 1 aliphatic rings. The number of hydrogen-bond acceptors (Lipinski definition) is 3. The van der Waals surface area contributed by atoms with Gasteiger partial charge in [-0.05, 0) is 42.0 Å². The molecule has 0 atom stereocenters. The van der Waals surface area contributed by atoms with Crippen LogP contribution in [-0.4, -0.2) is 54.2 Å². The summed E-state index contributed by atoms with van der Waals surface area (Å²) in [6, 6.07) is 18.0. The summed E-state index contributed by atoms with van der Waals surface area (Å²) < 4.78 is 5.15. The fraction of sp³-hybridized carbons (Fsp3) is 0.300. The molecule has 1 saturated heterocycles. The van der Waals surface area contributed by atoms with Crippen LogP contribution in [0.25, 0.3) is 0 Å². The molecule has 7 heteroatoms. The maximum Gasteiger partial charge on any atom is 0.200 e. The molecule has 0 bridgehead atoms. The lowest BCUT2D eigenvalue weighted by molar-refractivity contribution is 0.174. The van der Waals surface area contributed by atoms with Crippen molar-refractivity contribution in [2.45, 2.75) is 6.54 Å². The average molecular weight is 384 g/mol. The van der Waals surface area contributed by atoms with Gasteiger partial charge >= 0.3 is 0 Å². The molecule has 0 spiro atoms. The molecular formula is C20H25N5OS. The van der Waals surface area contributed by atoms with E-state index in [1.54, 1.807) is 7.11 Å². The summed E-state index contributed by atoms with van der Waals surface area (Å²) in [4.78, 5) is 8.84. The Morgan fingerprint density at radius 3 is 2.37 bits per heavy atom. The number of nitrogens with two attached hydrogens (primary N) is 1. The van der Waals surface area contributed by atoms with E-state index in [0.29, 0.717) is 11.1 Å². The Labute approximate surface area is 165 Å². The number of aliphatic imine (C=N–C) groups is 1. The van der Waals surface area contributed by atoms with E-state index in [9.17, 15) is 0 Å². The first-order chi connectivity index (χ1) is 13.1. The second-order valence-electron chi connectivity index (χ2n) is 6.38. The zero-order chi connectivity index (χ0) is 19.1. The molecule has 3 N–H and O–H groups in total. The minimum absolute atomic E-state index is 0.351. The number of benzene rings is 2. The minimum atomic E-state index is 0.351. The Balaban J connectivity index is 1.48. The van der Waals surface area contributed by atoms with Crippen molar-refractivity contribution >= 4 is 29.0 Å². The smallest absolute Gasteiger partial charge is 0.200 e. The van der Waals surface area contributed by atoms with Gasteiger partial charge in [0.25, 0.3) is 0 Å². The number of thiocarbonyl (C=S) groups is 1. The van der Waals surface area contributed by atoms with E-state index >= 15 is 0 Å². The zero-order valence-corrected chi connectivity index (χ0v) is 16.3. The summed E-state index contributed by atoms with van der Waals surface area (Å²) in [7, 11) is 1.64. The number of guanidine groups is 1. The highest BCUT2D eigenvalue weighted by Crippen LogP contribution is 2.15. The van der Waals surface area contributed by atoms with Gasteiger partial charge in [0.05, 0.1) is 7.11 Å². The molecule has 1 fully saturated rings. The first kappa shape index (κ1) is 19.1. The van der Waals surface area contributed by atoms with Crippen LogP contribution in [0.3, 0.4) is 0 Å². The van der Waals surface area contributed by atoms with Gasteiger partial charge < -0.3 is 20.7 Å². The van der Waals surface area contributed by atoms with Gasteiger partial charge in [0.15, 0.2) is 5.96 Å². The molecule has 0 aromatic heterocycles. The molecule has 142 valence electrons. The Morgan fingerprint density at radius 1 is 1.07 bits per heavy atom. The first-order valence-electron chi connectivity index (χ1n) is 8.94. The maximum atomic E-state index is 6.16. The highest BCUT2D eigenvalue weighted by molar-refractivity contribution is 7.80. The molecular weight excluding hydrogens is 358 g/mol. The molecule has 0 saturated carbocycles. The van der Waals surface area contributed by atoms with Gasteiger partial charge in [-0.2, -0.15) is 4.99 Å². The summed E-state index contributed by atoms with van der Waals surface area (Å²) in [5, 5.41) is 3.43. The quantitative estimate of drug-likeness (QED) is 0.481. The Kier molecular flexibility index (Phi) is 6.62. The number of nitrogens with zero attached hydrogens (tertiary/aromatic N) is 3. The SMILES string of the molecule is COc1ccc(NC(=S)N=C(N)N2CCN(Cc3ccccc3)CC2)cc1. The first-order valence-corrected chi connectivity index (χ1v) is 9.35. The van der Waals surface area contributed by atoms with E-state index in [1.807, 2.05) is 30.3 Å². The molecule has 2 aromatic rings. The Morgan fingerprint density at radius 2 is 1.74 bits per heavy atom. The van der Waals surface area contributed by atoms with Crippen LogP contribution in [0.2, 0.25) is 0 Å². The second kappa shape index (κ2) is 9.34. The van der Waals surface area contributed by atoms with E-state index in [-0.39, 0.29) is 0 Å².